The molecule has 2 aromatic carbocycles. The zero-order valence-electron chi connectivity index (χ0n) is 13.7. The Labute approximate surface area is 163 Å². The normalized spacial score (nSPS) is 14.4. The van der Waals surface area contributed by atoms with Crippen molar-refractivity contribution in [2.75, 3.05) is 18.6 Å². The molecule has 3 rings (SSSR count). The van der Waals surface area contributed by atoms with Gasteiger partial charge in [-0.1, -0.05) is 39.8 Å². The Morgan fingerprint density at radius 3 is 2.54 bits per heavy atom. The van der Waals surface area contributed by atoms with Crippen LogP contribution in [0.5, 0.6) is 0 Å². The number of ether oxygens (including phenoxy) is 1. The molecule has 1 aliphatic heterocycles. The van der Waals surface area contributed by atoms with Gasteiger partial charge in [0.1, 0.15) is 16.7 Å². The van der Waals surface area contributed by atoms with Gasteiger partial charge in [-0.25, -0.2) is 4.79 Å². The number of carbonyl (C=O) groups is 2. The number of para-hydroxylation sites is 1. The SMILES string of the molecule is CN1/C(=C(\C#N)C(=O)COC(=O)c2ccc(Br)cc2)Sc2ccccc21. The number of thioether (sulfide) groups is 1. The lowest BCUT2D eigenvalue weighted by molar-refractivity contribution is -0.118. The number of nitriles is 1. The van der Waals surface area contributed by atoms with Crippen molar-refractivity contribution in [3.05, 3.63) is 69.2 Å². The second-order valence-electron chi connectivity index (χ2n) is 5.43. The summed E-state index contributed by atoms with van der Waals surface area (Å²) in [5, 5.41) is 9.99. The first-order valence-corrected chi connectivity index (χ1v) is 9.23. The Bertz CT molecular complexity index is 948. The van der Waals surface area contributed by atoms with Crippen LogP contribution in [0, 0.1) is 11.3 Å². The van der Waals surface area contributed by atoms with E-state index in [2.05, 4.69) is 15.9 Å². The molecular weight excluding hydrogens is 416 g/mol. The van der Waals surface area contributed by atoms with Crippen LogP contribution in [0.3, 0.4) is 0 Å². The van der Waals surface area contributed by atoms with Gasteiger partial charge in [-0.15, -0.1) is 0 Å². The number of esters is 1. The average molecular weight is 429 g/mol. The molecule has 0 radical (unpaired) electrons. The van der Waals surface area contributed by atoms with Gasteiger partial charge in [0.15, 0.2) is 6.61 Å². The number of benzene rings is 2. The van der Waals surface area contributed by atoms with Crippen LogP contribution < -0.4 is 4.90 Å². The molecule has 0 amide bonds. The molecule has 0 fully saturated rings. The van der Waals surface area contributed by atoms with Gasteiger partial charge in [0.05, 0.1) is 11.3 Å². The number of hydrogen-bond acceptors (Lipinski definition) is 6. The standard InChI is InChI=1S/C19H13BrN2O3S/c1-22-15-4-2-3-5-17(15)26-18(22)14(10-21)16(23)11-25-19(24)12-6-8-13(20)9-7-12/h2-9H,11H2,1H3/b18-14-. The van der Waals surface area contributed by atoms with Crippen LogP contribution in [-0.4, -0.2) is 25.4 Å². The van der Waals surface area contributed by atoms with E-state index in [1.165, 1.54) is 11.8 Å². The van der Waals surface area contributed by atoms with E-state index in [0.717, 1.165) is 15.1 Å². The molecule has 130 valence electrons. The van der Waals surface area contributed by atoms with Crippen molar-refractivity contribution in [1.29, 1.82) is 5.26 Å². The number of Topliss-reactive ketones (excluding diaryl/α,β-unsaturated/α-hetero) is 1. The zero-order chi connectivity index (χ0) is 18.7. The molecule has 26 heavy (non-hydrogen) atoms. The molecule has 0 saturated heterocycles. The molecule has 5 nitrogen and oxygen atoms in total. The first-order valence-electron chi connectivity index (χ1n) is 7.62. The Kier molecular flexibility index (Phi) is 5.45. The van der Waals surface area contributed by atoms with E-state index >= 15 is 0 Å². The maximum Gasteiger partial charge on any atom is 0.338 e. The number of hydrogen-bond donors (Lipinski definition) is 0. The zero-order valence-corrected chi connectivity index (χ0v) is 16.1. The molecular formula is C19H13BrN2O3S. The predicted molar refractivity (Wildman–Crippen MR) is 103 cm³/mol. The van der Waals surface area contributed by atoms with Crippen molar-refractivity contribution < 1.29 is 14.3 Å². The van der Waals surface area contributed by atoms with Crippen molar-refractivity contribution in [3.8, 4) is 6.07 Å². The second-order valence-corrected chi connectivity index (χ2v) is 7.37. The quantitative estimate of drug-likeness (QED) is 0.413. The third kappa shape index (κ3) is 3.66. The van der Waals surface area contributed by atoms with Crippen molar-refractivity contribution in [3.63, 3.8) is 0 Å². The van der Waals surface area contributed by atoms with Crippen LogP contribution in [0.2, 0.25) is 0 Å². The summed E-state index contributed by atoms with van der Waals surface area (Å²) in [6, 6.07) is 16.2. The fourth-order valence-electron chi connectivity index (χ4n) is 2.42. The van der Waals surface area contributed by atoms with Crippen molar-refractivity contribution in [2.45, 2.75) is 4.90 Å². The number of rotatable bonds is 4. The van der Waals surface area contributed by atoms with Gasteiger partial charge in [0.25, 0.3) is 0 Å². The summed E-state index contributed by atoms with van der Waals surface area (Å²) in [5.74, 6) is -1.14. The summed E-state index contributed by atoms with van der Waals surface area (Å²) in [4.78, 5) is 27.2. The first kappa shape index (κ1) is 18.2. The summed E-state index contributed by atoms with van der Waals surface area (Å²) >= 11 is 4.64. The van der Waals surface area contributed by atoms with Crippen LogP contribution >= 0.6 is 27.7 Å². The summed E-state index contributed by atoms with van der Waals surface area (Å²) in [5.41, 5.74) is 1.25. The number of halogens is 1. The summed E-state index contributed by atoms with van der Waals surface area (Å²) in [7, 11) is 1.80. The summed E-state index contributed by atoms with van der Waals surface area (Å²) < 4.78 is 5.90. The van der Waals surface area contributed by atoms with Gasteiger partial charge >= 0.3 is 5.97 Å². The minimum absolute atomic E-state index is 0.0164. The smallest absolute Gasteiger partial charge is 0.338 e. The van der Waals surface area contributed by atoms with Gasteiger partial charge in [-0.3, -0.25) is 4.79 Å². The van der Waals surface area contributed by atoms with E-state index in [1.54, 1.807) is 36.2 Å². The van der Waals surface area contributed by atoms with Crippen LogP contribution in [0.15, 0.2) is 68.5 Å². The molecule has 0 saturated carbocycles. The lowest BCUT2D eigenvalue weighted by Gasteiger charge is -2.14. The maximum absolute atomic E-state index is 12.4. The van der Waals surface area contributed by atoms with Gasteiger partial charge in [-0.05, 0) is 36.4 Å². The van der Waals surface area contributed by atoms with E-state index in [0.29, 0.717) is 10.6 Å². The molecule has 0 aromatic heterocycles. The van der Waals surface area contributed by atoms with Gasteiger partial charge < -0.3 is 9.64 Å². The van der Waals surface area contributed by atoms with Crippen molar-refractivity contribution in [1.82, 2.24) is 0 Å². The molecule has 0 unspecified atom stereocenters. The number of anilines is 1. The van der Waals surface area contributed by atoms with Gasteiger partial charge in [0, 0.05) is 16.4 Å². The monoisotopic (exact) mass is 428 g/mol. The maximum atomic E-state index is 12.4. The first-order chi connectivity index (χ1) is 12.5. The van der Waals surface area contributed by atoms with Gasteiger partial charge in [0.2, 0.25) is 5.78 Å². The van der Waals surface area contributed by atoms with Crippen LogP contribution in [0.1, 0.15) is 10.4 Å². The molecule has 1 heterocycles. The molecule has 0 aliphatic carbocycles. The molecule has 0 spiro atoms. The van der Waals surface area contributed by atoms with Gasteiger partial charge in [-0.2, -0.15) is 5.26 Å². The topological polar surface area (TPSA) is 70.4 Å². The van der Waals surface area contributed by atoms with E-state index in [9.17, 15) is 14.9 Å². The van der Waals surface area contributed by atoms with E-state index in [-0.39, 0.29) is 5.57 Å². The third-order valence-electron chi connectivity index (χ3n) is 3.76. The van der Waals surface area contributed by atoms with Crippen LogP contribution in [0.25, 0.3) is 0 Å². The highest BCUT2D eigenvalue weighted by Gasteiger charge is 2.28. The number of fused-ring (bicyclic) bond motifs is 1. The Hall–Kier alpha value is -2.56. The lowest BCUT2D eigenvalue weighted by Crippen LogP contribution is -2.20. The molecule has 0 bridgehead atoms. The van der Waals surface area contributed by atoms with Crippen LogP contribution in [-0.2, 0) is 9.53 Å². The molecule has 0 atom stereocenters. The molecule has 2 aromatic rings. The van der Waals surface area contributed by atoms with Crippen molar-refractivity contribution in [2.24, 2.45) is 0 Å². The highest BCUT2D eigenvalue weighted by molar-refractivity contribution is 9.10. The predicted octanol–water partition coefficient (Wildman–Crippen LogP) is 4.15. The highest BCUT2D eigenvalue weighted by Crippen LogP contribution is 2.46. The highest BCUT2D eigenvalue weighted by atomic mass is 79.9. The minimum atomic E-state index is -0.608. The largest absolute Gasteiger partial charge is 0.454 e. The fraction of sp³-hybridized carbons (Fsp3) is 0.105. The fourth-order valence-corrected chi connectivity index (χ4v) is 3.85. The van der Waals surface area contributed by atoms with E-state index in [4.69, 9.17) is 4.74 Å². The molecule has 7 heteroatoms. The number of carbonyl (C=O) groups excluding carboxylic acids is 2. The van der Waals surface area contributed by atoms with Crippen LogP contribution in [0.4, 0.5) is 5.69 Å². The minimum Gasteiger partial charge on any atom is -0.454 e. The Morgan fingerprint density at radius 2 is 1.88 bits per heavy atom. The third-order valence-corrected chi connectivity index (χ3v) is 5.52. The van der Waals surface area contributed by atoms with E-state index in [1.807, 2.05) is 30.3 Å². The Balaban J connectivity index is 1.73. The van der Waals surface area contributed by atoms with Crippen molar-refractivity contribution >= 4 is 45.1 Å². The average Bonchev–Trinajstić information content (AvgIpc) is 2.98. The number of ketones is 1. The summed E-state index contributed by atoms with van der Waals surface area (Å²) in [6.07, 6.45) is 0. The summed E-state index contributed by atoms with van der Waals surface area (Å²) in [6.45, 7) is -0.480. The Morgan fingerprint density at radius 1 is 1.19 bits per heavy atom. The molecule has 1 aliphatic rings. The second kappa shape index (κ2) is 7.77. The van der Waals surface area contributed by atoms with E-state index < -0.39 is 18.4 Å². The number of nitrogens with zero attached hydrogens (tertiary/aromatic N) is 2. The lowest BCUT2D eigenvalue weighted by atomic mass is 10.2. The molecule has 0 N–H and O–H groups in total.